The molecule has 0 amide bonds. The molecule has 1 saturated carbocycles. The summed E-state index contributed by atoms with van der Waals surface area (Å²) in [7, 11) is 0. The molecule has 2 aliphatic rings. The molecule has 0 unspecified atom stereocenters. The van der Waals surface area contributed by atoms with Crippen LogP contribution >= 0.6 is 0 Å². The molecule has 6 atom stereocenters. The fourth-order valence-electron chi connectivity index (χ4n) is 5.33. The maximum absolute atomic E-state index is 11.8. The number of carboxylic acids is 2. The smallest absolute Gasteiger partial charge is 0.331 e. The largest absolute Gasteiger partial charge is 0.481 e. The van der Waals surface area contributed by atoms with Crippen molar-refractivity contribution >= 4 is 11.9 Å². The molecule has 0 bridgehead atoms. The second kappa shape index (κ2) is 7.10. The lowest BCUT2D eigenvalue weighted by molar-refractivity contribution is -0.140. The number of hydrogen-bond donors (Lipinski definition) is 3. The first kappa shape index (κ1) is 20.0. The Morgan fingerprint density at radius 2 is 1.96 bits per heavy atom. The predicted octanol–water partition coefficient (Wildman–Crippen LogP) is 3.71. The van der Waals surface area contributed by atoms with Crippen molar-refractivity contribution in [2.24, 2.45) is 28.6 Å². The number of rotatable bonds is 6. The van der Waals surface area contributed by atoms with Gasteiger partial charge in [0.25, 0.3) is 0 Å². The lowest BCUT2D eigenvalue weighted by atomic mass is 9.46. The summed E-state index contributed by atoms with van der Waals surface area (Å²) in [5.74, 6) is -1.10. The first-order chi connectivity index (χ1) is 11.5. The zero-order valence-corrected chi connectivity index (χ0v) is 15.8. The van der Waals surface area contributed by atoms with Crippen LogP contribution in [0.1, 0.15) is 66.2 Å². The van der Waals surface area contributed by atoms with E-state index in [9.17, 15) is 19.8 Å². The first-order valence-electron chi connectivity index (χ1n) is 9.36. The molecule has 2 aliphatic carbocycles. The molecule has 0 aliphatic heterocycles. The van der Waals surface area contributed by atoms with Crippen molar-refractivity contribution < 1.29 is 24.9 Å². The Balaban J connectivity index is 2.29. The van der Waals surface area contributed by atoms with E-state index in [1.807, 2.05) is 13.8 Å². The molecule has 0 heterocycles. The number of aliphatic hydroxyl groups excluding tert-OH is 1. The highest BCUT2D eigenvalue weighted by molar-refractivity contribution is 5.88. The van der Waals surface area contributed by atoms with Gasteiger partial charge >= 0.3 is 11.9 Å². The van der Waals surface area contributed by atoms with Crippen LogP contribution < -0.4 is 0 Å². The molecule has 5 nitrogen and oxygen atoms in total. The van der Waals surface area contributed by atoms with Crippen LogP contribution in [0.15, 0.2) is 11.6 Å². The van der Waals surface area contributed by atoms with Gasteiger partial charge in [0.15, 0.2) is 0 Å². The predicted molar refractivity (Wildman–Crippen MR) is 95.1 cm³/mol. The van der Waals surface area contributed by atoms with E-state index >= 15 is 0 Å². The molecule has 142 valence electrons. The van der Waals surface area contributed by atoms with Gasteiger partial charge in [0.1, 0.15) is 0 Å². The van der Waals surface area contributed by atoms with Gasteiger partial charge in [-0.1, -0.05) is 27.7 Å². The van der Waals surface area contributed by atoms with E-state index in [2.05, 4.69) is 13.8 Å². The van der Waals surface area contributed by atoms with E-state index < -0.39 is 23.5 Å². The Morgan fingerprint density at radius 1 is 1.32 bits per heavy atom. The van der Waals surface area contributed by atoms with Gasteiger partial charge in [-0.15, -0.1) is 0 Å². The lowest BCUT2D eigenvalue weighted by Gasteiger charge is -2.58. The Morgan fingerprint density at radius 3 is 2.52 bits per heavy atom. The highest BCUT2D eigenvalue weighted by atomic mass is 16.4. The molecule has 0 spiro atoms. The molecule has 5 heteroatoms. The van der Waals surface area contributed by atoms with E-state index in [0.717, 1.165) is 25.7 Å². The van der Waals surface area contributed by atoms with Crippen LogP contribution in [0.4, 0.5) is 0 Å². The highest BCUT2D eigenvalue weighted by Crippen LogP contribution is 2.62. The van der Waals surface area contributed by atoms with Crippen LogP contribution in [0, 0.1) is 28.6 Å². The molecule has 1 fully saturated rings. The molecule has 25 heavy (non-hydrogen) atoms. The molecular formula is C20H32O5. The van der Waals surface area contributed by atoms with E-state index in [4.69, 9.17) is 5.11 Å². The van der Waals surface area contributed by atoms with Gasteiger partial charge in [-0.2, -0.15) is 0 Å². The second-order valence-corrected chi connectivity index (χ2v) is 8.85. The number of hydrogen-bond acceptors (Lipinski definition) is 3. The molecule has 3 N–H and O–H groups in total. The first-order valence-corrected chi connectivity index (χ1v) is 9.36. The fraction of sp³-hybridized carbons (Fsp3) is 0.800. The summed E-state index contributed by atoms with van der Waals surface area (Å²) >= 11 is 0. The molecule has 0 aromatic carbocycles. The molecule has 0 aromatic rings. The minimum absolute atomic E-state index is 0.0897. The lowest BCUT2D eigenvalue weighted by Crippen LogP contribution is -2.53. The SMILES string of the molecule is C[C@H](CC[C@]1(C)[C@H](C)CC[C@]2(C)C(C(=O)O)=C[C@@H](O)C[C@@H]12)CC(=O)O. The quantitative estimate of drug-likeness (QED) is 0.677. The minimum Gasteiger partial charge on any atom is -0.481 e. The van der Waals surface area contributed by atoms with Crippen molar-refractivity contribution in [3.63, 3.8) is 0 Å². The van der Waals surface area contributed by atoms with E-state index in [1.165, 1.54) is 6.08 Å². The average molecular weight is 352 g/mol. The summed E-state index contributed by atoms with van der Waals surface area (Å²) < 4.78 is 0. The zero-order valence-electron chi connectivity index (χ0n) is 15.8. The number of carboxylic acid groups (broad SMARTS) is 2. The second-order valence-electron chi connectivity index (χ2n) is 8.85. The van der Waals surface area contributed by atoms with Crippen molar-refractivity contribution in [1.29, 1.82) is 0 Å². The third kappa shape index (κ3) is 3.76. The maximum atomic E-state index is 11.8. The summed E-state index contributed by atoms with van der Waals surface area (Å²) in [6, 6.07) is 0. The van der Waals surface area contributed by atoms with Crippen molar-refractivity contribution in [3.05, 3.63) is 11.6 Å². The van der Waals surface area contributed by atoms with Crippen LogP contribution in [0.25, 0.3) is 0 Å². The highest BCUT2D eigenvalue weighted by Gasteiger charge is 2.56. The molecular weight excluding hydrogens is 320 g/mol. The standard InChI is InChI=1S/C20H32O5/c1-12(9-17(22)23)5-7-19(3)13(2)6-8-20(4)15(18(24)25)10-14(21)11-16(19)20/h10,12-14,16,21H,5-9,11H2,1-4H3,(H,22,23)(H,24,25)/t12-,13-,14-,16+,19-,20-/m1/s1. The molecule has 2 rings (SSSR count). The van der Waals surface area contributed by atoms with Crippen molar-refractivity contribution in [1.82, 2.24) is 0 Å². The zero-order chi connectivity index (χ0) is 19.0. The van der Waals surface area contributed by atoms with Crippen LogP contribution in [0.5, 0.6) is 0 Å². The summed E-state index contributed by atoms with van der Waals surface area (Å²) in [6.07, 6.45) is 5.01. The summed E-state index contributed by atoms with van der Waals surface area (Å²) in [4.78, 5) is 22.7. The van der Waals surface area contributed by atoms with Crippen LogP contribution in [-0.4, -0.2) is 33.4 Å². The van der Waals surface area contributed by atoms with Gasteiger partial charge in [0.05, 0.1) is 6.10 Å². The summed E-state index contributed by atoms with van der Waals surface area (Å²) in [6.45, 7) is 8.42. The normalized spacial score (nSPS) is 39.2. The van der Waals surface area contributed by atoms with Gasteiger partial charge in [-0.3, -0.25) is 4.79 Å². The Bertz CT molecular complexity index is 568. The Hall–Kier alpha value is -1.36. The Labute approximate surface area is 150 Å². The third-order valence-corrected chi connectivity index (χ3v) is 7.17. The van der Waals surface area contributed by atoms with Crippen LogP contribution in [0.3, 0.4) is 0 Å². The van der Waals surface area contributed by atoms with Crippen LogP contribution in [0.2, 0.25) is 0 Å². The minimum atomic E-state index is -0.928. The van der Waals surface area contributed by atoms with E-state index in [0.29, 0.717) is 17.9 Å². The number of aliphatic carboxylic acids is 2. The number of aliphatic hydroxyl groups is 1. The van der Waals surface area contributed by atoms with Gasteiger partial charge in [-0.05, 0) is 61.3 Å². The summed E-state index contributed by atoms with van der Waals surface area (Å²) in [5, 5.41) is 28.9. The van der Waals surface area contributed by atoms with Crippen LogP contribution in [-0.2, 0) is 9.59 Å². The van der Waals surface area contributed by atoms with Crippen molar-refractivity contribution in [2.45, 2.75) is 72.3 Å². The number of carbonyl (C=O) groups is 2. The van der Waals surface area contributed by atoms with Crippen molar-refractivity contribution in [2.75, 3.05) is 0 Å². The molecule has 0 radical (unpaired) electrons. The fourth-order valence-corrected chi connectivity index (χ4v) is 5.33. The van der Waals surface area contributed by atoms with Crippen molar-refractivity contribution in [3.8, 4) is 0 Å². The summed E-state index contributed by atoms with van der Waals surface area (Å²) in [5.41, 5.74) is -0.175. The third-order valence-electron chi connectivity index (χ3n) is 7.17. The maximum Gasteiger partial charge on any atom is 0.331 e. The van der Waals surface area contributed by atoms with E-state index in [1.54, 1.807) is 0 Å². The van der Waals surface area contributed by atoms with Gasteiger partial charge in [-0.25, -0.2) is 4.79 Å². The van der Waals surface area contributed by atoms with E-state index in [-0.39, 0.29) is 23.7 Å². The van der Waals surface area contributed by atoms with Gasteiger partial charge in [0, 0.05) is 17.4 Å². The van der Waals surface area contributed by atoms with Gasteiger partial charge in [0.2, 0.25) is 0 Å². The topological polar surface area (TPSA) is 94.8 Å². The molecule has 0 aromatic heterocycles. The Kier molecular flexibility index (Phi) is 5.67. The number of fused-ring (bicyclic) bond motifs is 1. The molecule has 0 saturated heterocycles. The average Bonchev–Trinajstić information content (AvgIpc) is 2.50. The van der Waals surface area contributed by atoms with Gasteiger partial charge < -0.3 is 15.3 Å². The monoisotopic (exact) mass is 352 g/mol.